The van der Waals surface area contributed by atoms with E-state index in [9.17, 15) is 9.59 Å². The van der Waals surface area contributed by atoms with Crippen molar-refractivity contribution in [1.29, 1.82) is 0 Å². The molecule has 9 heteroatoms. The minimum absolute atomic E-state index is 0.191. The van der Waals surface area contributed by atoms with Crippen molar-refractivity contribution in [3.05, 3.63) is 45.0 Å². The lowest BCUT2D eigenvalue weighted by atomic mass is 10.2. The number of nitrogens with two attached hydrogens (primary N) is 1. The number of anilines is 2. The molecule has 0 fully saturated rings. The van der Waals surface area contributed by atoms with E-state index >= 15 is 0 Å². The Kier molecular flexibility index (Phi) is 4.64. The number of hydrogen-bond acceptors (Lipinski definition) is 6. The Morgan fingerprint density at radius 3 is 2.58 bits per heavy atom. The van der Waals surface area contributed by atoms with Gasteiger partial charge in [-0.3, -0.25) is 10.1 Å². The maximum absolute atomic E-state index is 12.8. The molecule has 0 radical (unpaired) electrons. The first-order valence-electron chi connectivity index (χ1n) is 7.71. The molecule has 2 heterocycles. The van der Waals surface area contributed by atoms with Gasteiger partial charge in [-0.1, -0.05) is 11.6 Å². The molecule has 7 nitrogen and oxygen atoms in total. The molecular formula is C17H17ClN4O3S. The zero-order valence-corrected chi connectivity index (χ0v) is 15.9. The van der Waals surface area contributed by atoms with Gasteiger partial charge in [0.2, 0.25) is 0 Å². The van der Waals surface area contributed by atoms with Gasteiger partial charge in [-0.05, 0) is 45.0 Å². The van der Waals surface area contributed by atoms with Crippen LogP contribution < -0.4 is 16.6 Å². The smallest absolute Gasteiger partial charge is 0.413 e. The van der Waals surface area contributed by atoms with E-state index in [2.05, 4.69) is 10.4 Å². The largest absolute Gasteiger partial charge is 0.444 e. The first kappa shape index (κ1) is 18.2. The fourth-order valence-corrected chi connectivity index (χ4v) is 3.24. The number of benzene rings is 1. The van der Waals surface area contributed by atoms with Crippen molar-refractivity contribution in [2.45, 2.75) is 26.4 Å². The number of halogens is 1. The van der Waals surface area contributed by atoms with Gasteiger partial charge >= 0.3 is 6.09 Å². The van der Waals surface area contributed by atoms with Gasteiger partial charge in [0.05, 0.1) is 16.1 Å². The lowest BCUT2D eigenvalue weighted by Crippen LogP contribution is -2.29. The molecule has 0 aliphatic heterocycles. The Morgan fingerprint density at radius 1 is 1.31 bits per heavy atom. The van der Waals surface area contributed by atoms with E-state index in [4.69, 9.17) is 22.1 Å². The second kappa shape index (κ2) is 6.62. The molecule has 0 unspecified atom stereocenters. The number of amides is 1. The summed E-state index contributed by atoms with van der Waals surface area (Å²) in [6.07, 6.45) is -0.669. The van der Waals surface area contributed by atoms with Crippen LogP contribution in [0, 0.1) is 0 Å². The quantitative estimate of drug-likeness (QED) is 0.685. The number of nitrogens with one attached hydrogen (secondary N) is 1. The van der Waals surface area contributed by atoms with Crippen LogP contribution in [-0.4, -0.2) is 21.5 Å². The van der Waals surface area contributed by atoms with Crippen molar-refractivity contribution >= 4 is 50.6 Å². The molecular weight excluding hydrogens is 376 g/mol. The molecule has 26 heavy (non-hydrogen) atoms. The number of fused-ring (bicyclic) bond motifs is 1. The summed E-state index contributed by atoms with van der Waals surface area (Å²) >= 11 is 7.11. The Labute approximate surface area is 158 Å². The van der Waals surface area contributed by atoms with Crippen LogP contribution in [0.4, 0.5) is 15.6 Å². The van der Waals surface area contributed by atoms with Crippen LogP contribution in [0.15, 0.2) is 34.4 Å². The van der Waals surface area contributed by atoms with Crippen molar-refractivity contribution in [2.24, 2.45) is 0 Å². The van der Waals surface area contributed by atoms with Gasteiger partial charge in [-0.25, -0.2) is 4.79 Å². The van der Waals surface area contributed by atoms with Crippen molar-refractivity contribution in [3.8, 4) is 5.69 Å². The fraction of sp³-hybridized carbons (Fsp3) is 0.235. The summed E-state index contributed by atoms with van der Waals surface area (Å²) in [6, 6.07) is 6.60. The van der Waals surface area contributed by atoms with Crippen molar-refractivity contribution in [3.63, 3.8) is 0 Å². The van der Waals surface area contributed by atoms with Crippen LogP contribution in [0.1, 0.15) is 20.8 Å². The Balaban J connectivity index is 2.14. The molecule has 136 valence electrons. The highest BCUT2D eigenvalue weighted by atomic mass is 35.5. The summed E-state index contributed by atoms with van der Waals surface area (Å²) in [5, 5.41) is 10.2. The summed E-state index contributed by atoms with van der Waals surface area (Å²) in [7, 11) is 0. The second-order valence-electron chi connectivity index (χ2n) is 6.56. The van der Waals surface area contributed by atoms with Crippen LogP contribution in [0.25, 0.3) is 16.5 Å². The van der Waals surface area contributed by atoms with E-state index in [0.717, 1.165) is 0 Å². The highest BCUT2D eigenvalue weighted by Crippen LogP contribution is 2.30. The van der Waals surface area contributed by atoms with Gasteiger partial charge in [-0.2, -0.15) is 4.68 Å². The normalized spacial score (nSPS) is 11.5. The number of nitrogen functional groups attached to an aromatic ring is 1. The molecule has 0 bridgehead atoms. The van der Waals surface area contributed by atoms with E-state index in [1.54, 1.807) is 50.4 Å². The third kappa shape index (κ3) is 3.66. The summed E-state index contributed by atoms with van der Waals surface area (Å²) in [4.78, 5) is 25.0. The van der Waals surface area contributed by atoms with E-state index in [0.29, 0.717) is 26.5 Å². The maximum Gasteiger partial charge on any atom is 0.413 e. The fourth-order valence-electron chi connectivity index (χ4n) is 2.32. The summed E-state index contributed by atoms with van der Waals surface area (Å²) < 4.78 is 6.44. The number of rotatable bonds is 2. The van der Waals surface area contributed by atoms with E-state index in [1.165, 1.54) is 16.0 Å². The highest BCUT2D eigenvalue weighted by Gasteiger charge is 2.21. The molecule has 0 aliphatic carbocycles. The van der Waals surface area contributed by atoms with Gasteiger partial charge in [-0.15, -0.1) is 16.4 Å². The predicted octanol–water partition coefficient (Wildman–Crippen LogP) is 4.03. The number of carbonyl (C=O) groups excluding carboxylic acids is 1. The van der Waals surface area contributed by atoms with E-state index < -0.39 is 11.7 Å². The molecule has 2 aromatic heterocycles. The Hall–Kier alpha value is -2.58. The topological polar surface area (TPSA) is 99.2 Å². The molecule has 3 rings (SSSR count). The van der Waals surface area contributed by atoms with Gasteiger partial charge in [0.25, 0.3) is 5.56 Å². The van der Waals surface area contributed by atoms with Crippen LogP contribution in [-0.2, 0) is 4.74 Å². The molecule has 1 amide bonds. The van der Waals surface area contributed by atoms with Gasteiger partial charge in [0.15, 0.2) is 5.82 Å². The van der Waals surface area contributed by atoms with Crippen molar-refractivity contribution < 1.29 is 9.53 Å². The minimum atomic E-state index is -0.669. The van der Waals surface area contributed by atoms with Crippen LogP contribution in [0.5, 0.6) is 0 Å². The molecule has 1 aromatic carbocycles. The molecule has 0 spiro atoms. The number of aromatic nitrogens is 2. The maximum atomic E-state index is 12.8. The summed E-state index contributed by atoms with van der Waals surface area (Å²) in [6.45, 7) is 5.27. The van der Waals surface area contributed by atoms with Gasteiger partial charge in [0.1, 0.15) is 5.60 Å². The summed E-state index contributed by atoms with van der Waals surface area (Å²) in [5.74, 6) is 0.191. The van der Waals surface area contributed by atoms with Crippen LogP contribution in [0.2, 0.25) is 5.02 Å². The first-order chi connectivity index (χ1) is 12.2. The van der Waals surface area contributed by atoms with Gasteiger partial charge < -0.3 is 10.5 Å². The van der Waals surface area contributed by atoms with E-state index in [1.807, 2.05) is 0 Å². The Morgan fingerprint density at radius 2 is 1.96 bits per heavy atom. The van der Waals surface area contributed by atoms with Crippen molar-refractivity contribution in [1.82, 2.24) is 9.78 Å². The number of carbonyl (C=O) groups is 1. The standard InChI is InChI=1S/C17H17ClN4O3S/c1-17(2,3)25-16(24)20-14-11-8-26-13(19)12(11)15(23)22(21-14)10-6-4-9(18)5-7-10/h4-8H,19H2,1-3H3,(H,20,21,24). The third-order valence-electron chi connectivity index (χ3n) is 3.37. The number of thiophene rings is 1. The number of ether oxygens (including phenoxy) is 1. The van der Waals surface area contributed by atoms with Gasteiger partial charge in [0, 0.05) is 15.8 Å². The zero-order valence-electron chi connectivity index (χ0n) is 14.4. The van der Waals surface area contributed by atoms with Crippen molar-refractivity contribution in [2.75, 3.05) is 11.1 Å². The summed E-state index contributed by atoms with van der Waals surface area (Å²) in [5.41, 5.74) is 5.42. The Bertz CT molecular complexity index is 1040. The molecule has 3 N–H and O–H groups in total. The molecule has 0 saturated heterocycles. The average molecular weight is 393 g/mol. The number of hydrogen-bond donors (Lipinski definition) is 2. The monoisotopic (exact) mass is 392 g/mol. The predicted molar refractivity (Wildman–Crippen MR) is 104 cm³/mol. The highest BCUT2D eigenvalue weighted by molar-refractivity contribution is 7.15. The SMILES string of the molecule is CC(C)(C)OC(=O)Nc1nn(-c2ccc(Cl)cc2)c(=O)c2c(N)scc12. The molecule has 3 aromatic rings. The second-order valence-corrected chi connectivity index (χ2v) is 7.91. The lowest BCUT2D eigenvalue weighted by molar-refractivity contribution is 0.0635. The molecule has 0 saturated carbocycles. The lowest BCUT2D eigenvalue weighted by Gasteiger charge is -2.19. The number of nitrogens with zero attached hydrogens (tertiary/aromatic N) is 2. The molecule has 0 atom stereocenters. The van der Waals surface area contributed by atoms with Crippen LogP contribution >= 0.6 is 22.9 Å². The van der Waals surface area contributed by atoms with E-state index in [-0.39, 0.29) is 11.4 Å². The molecule has 0 aliphatic rings. The van der Waals surface area contributed by atoms with Crippen LogP contribution in [0.3, 0.4) is 0 Å². The zero-order chi connectivity index (χ0) is 19.1. The minimum Gasteiger partial charge on any atom is -0.444 e. The first-order valence-corrected chi connectivity index (χ1v) is 8.97. The average Bonchev–Trinajstić information content (AvgIpc) is 2.92. The third-order valence-corrected chi connectivity index (χ3v) is 4.43.